The van der Waals surface area contributed by atoms with Crippen molar-refractivity contribution in [3.63, 3.8) is 0 Å². The molecule has 0 aliphatic rings. The molecule has 0 saturated heterocycles. The Balaban J connectivity index is 2.70. The molecule has 2 rings (SSSR count). The monoisotopic (exact) mass is 428 g/mol. The highest BCUT2D eigenvalue weighted by Gasteiger charge is 2.10. The molecule has 8 nitrogen and oxygen atoms in total. The second-order valence-electron chi connectivity index (χ2n) is 5.42. The first-order valence-corrected chi connectivity index (χ1v) is 10.2. The summed E-state index contributed by atoms with van der Waals surface area (Å²) < 4.78 is 1.78. The molecule has 0 unspecified atom stereocenters. The van der Waals surface area contributed by atoms with Crippen LogP contribution in [-0.2, 0) is 0 Å². The standard InChI is InChI=1S/C14H16N6O2S4/c1-17(2)11(23)15-13-19(9-5-7-10(8-6-9)20(21)22)14(26-25-13)16-12(24)18(3)4/h5-8H,1-4H3/b15-13-,16-14-. The first-order chi connectivity index (χ1) is 12.2. The summed E-state index contributed by atoms with van der Waals surface area (Å²) in [7, 11) is 10.0. The van der Waals surface area contributed by atoms with Gasteiger partial charge in [-0.2, -0.15) is 9.98 Å². The molecule has 0 bridgehead atoms. The number of benzene rings is 1. The normalized spacial score (nSPS) is 12.2. The number of non-ortho nitro benzene ring substituents is 1. The molecule has 138 valence electrons. The molecule has 0 fully saturated rings. The van der Waals surface area contributed by atoms with Crippen LogP contribution in [0.3, 0.4) is 0 Å². The highest BCUT2D eigenvalue weighted by molar-refractivity contribution is 7.80. The minimum atomic E-state index is -0.441. The molecule has 0 aliphatic heterocycles. The van der Waals surface area contributed by atoms with E-state index in [0.29, 0.717) is 25.5 Å². The molecule has 1 aromatic heterocycles. The van der Waals surface area contributed by atoms with Crippen molar-refractivity contribution in [1.82, 2.24) is 14.4 Å². The van der Waals surface area contributed by atoms with Gasteiger partial charge in [0.2, 0.25) is 9.60 Å². The highest BCUT2D eigenvalue weighted by atomic mass is 32.9. The number of nitro benzene ring substituents is 1. The van der Waals surface area contributed by atoms with Gasteiger partial charge in [0.25, 0.3) is 5.69 Å². The van der Waals surface area contributed by atoms with Crippen molar-refractivity contribution >= 4 is 61.0 Å². The summed E-state index contributed by atoms with van der Waals surface area (Å²) in [5, 5.41) is 11.7. The largest absolute Gasteiger partial charge is 0.353 e. The lowest BCUT2D eigenvalue weighted by Gasteiger charge is -2.09. The molecular formula is C14H16N6O2S4. The van der Waals surface area contributed by atoms with Gasteiger partial charge in [-0.15, -0.1) is 0 Å². The molecule has 0 aliphatic carbocycles. The molecular weight excluding hydrogens is 412 g/mol. The summed E-state index contributed by atoms with van der Waals surface area (Å²) in [6.07, 6.45) is 0. The Hall–Kier alpha value is -2.02. The van der Waals surface area contributed by atoms with E-state index in [1.807, 2.05) is 28.2 Å². The predicted molar refractivity (Wildman–Crippen MR) is 112 cm³/mol. The van der Waals surface area contributed by atoms with Gasteiger partial charge in [0, 0.05) is 40.3 Å². The van der Waals surface area contributed by atoms with E-state index in [1.54, 1.807) is 26.5 Å². The lowest BCUT2D eigenvalue weighted by Crippen LogP contribution is -2.29. The maximum Gasteiger partial charge on any atom is 0.269 e. The fraction of sp³-hybridized carbons (Fsp3) is 0.286. The average molecular weight is 429 g/mol. The van der Waals surface area contributed by atoms with Crippen molar-refractivity contribution in [2.45, 2.75) is 0 Å². The summed E-state index contributed by atoms with van der Waals surface area (Å²) in [6.45, 7) is 0. The Labute approximate surface area is 167 Å². The predicted octanol–water partition coefficient (Wildman–Crippen LogP) is 2.00. The minimum Gasteiger partial charge on any atom is -0.353 e. The van der Waals surface area contributed by atoms with Crippen molar-refractivity contribution in [2.24, 2.45) is 9.98 Å². The van der Waals surface area contributed by atoms with E-state index in [2.05, 4.69) is 9.98 Å². The SMILES string of the molecule is CN(C)C(=S)/N=c1\ss/c(=N\C(=S)N(C)C)n1-c1ccc([N+](=O)[O-])cc1. The molecule has 0 saturated carbocycles. The molecule has 0 atom stereocenters. The molecule has 26 heavy (non-hydrogen) atoms. The second kappa shape index (κ2) is 8.58. The van der Waals surface area contributed by atoms with Crippen molar-refractivity contribution in [2.75, 3.05) is 28.2 Å². The van der Waals surface area contributed by atoms with Gasteiger partial charge in [-0.05, 0) is 57.2 Å². The summed E-state index contributed by atoms with van der Waals surface area (Å²) in [5.74, 6) is 0. The van der Waals surface area contributed by atoms with Crippen molar-refractivity contribution in [3.8, 4) is 5.69 Å². The van der Waals surface area contributed by atoms with Crippen LogP contribution in [-0.4, -0.2) is 57.7 Å². The Kier molecular flexibility index (Phi) is 6.69. The first-order valence-electron chi connectivity index (χ1n) is 7.19. The third kappa shape index (κ3) is 4.78. The maximum absolute atomic E-state index is 10.9. The number of hydrogen-bond donors (Lipinski definition) is 0. The van der Waals surface area contributed by atoms with Crippen LogP contribution in [0.2, 0.25) is 0 Å². The second-order valence-corrected chi connectivity index (χ2v) is 8.21. The molecule has 12 heteroatoms. The van der Waals surface area contributed by atoms with E-state index >= 15 is 0 Å². The molecule has 1 heterocycles. The zero-order chi connectivity index (χ0) is 19.4. The van der Waals surface area contributed by atoms with E-state index in [9.17, 15) is 10.1 Å². The first kappa shape index (κ1) is 20.3. The van der Waals surface area contributed by atoms with Gasteiger partial charge in [-0.3, -0.25) is 14.7 Å². The van der Waals surface area contributed by atoms with Gasteiger partial charge in [-0.1, -0.05) is 0 Å². The molecule has 0 radical (unpaired) electrons. The molecule has 2 aromatic rings. The summed E-state index contributed by atoms with van der Waals surface area (Å²) in [5.41, 5.74) is 0.701. The fourth-order valence-corrected chi connectivity index (χ4v) is 4.07. The van der Waals surface area contributed by atoms with Gasteiger partial charge in [0.15, 0.2) is 10.2 Å². The fourth-order valence-electron chi connectivity index (χ4n) is 1.68. The summed E-state index contributed by atoms with van der Waals surface area (Å²) in [4.78, 5) is 24.1. The number of nitrogens with zero attached hydrogens (tertiary/aromatic N) is 6. The smallest absolute Gasteiger partial charge is 0.269 e. The van der Waals surface area contributed by atoms with E-state index in [-0.39, 0.29) is 5.69 Å². The lowest BCUT2D eigenvalue weighted by molar-refractivity contribution is -0.384. The third-order valence-corrected chi connectivity index (χ3v) is 6.03. The van der Waals surface area contributed by atoms with Crippen molar-refractivity contribution in [1.29, 1.82) is 0 Å². The summed E-state index contributed by atoms with van der Waals surface area (Å²) >= 11 is 10.5. The highest BCUT2D eigenvalue weighted by Crippen LogP contribution is 2.14. The van der Waals surface area contributed by atoms with Gasteiger partial charge in [0.1, 0.15) is 0 Å². The Morgan fingerprint density at radius 3 is 1.77 bits per heavy atom. The van der Waals surface area contributed by atoms with E-state index in [4.69, 9.17) is 24.4 Å². The van der Waals surface area contributed by atoms with Crippen LogP contribution in [0.15, 0.2) is 34.3 Å². The quantitative estimate of drug-likeness (QED) is 0.315. The van der Waals surface area contributed by atoms with Gasteiger partial charge in [-0.25, -0.2) is 0 Å². The number of aromatic nitrogens is 1. The topological polar surface area (TPSA) is 79.3 Å². The number of rotatable bonds is 2. The van der Waals surface area contributed by atoms with Gasteiger partial charge >= 0.3 is 0 Å². The van der Waals surface area contributed by atoms with Crippen molar-refractivity contribution < 1.29 is 4.92 Å². The van der Waals surface area contributed by atoms with Crippen LogP contribution >= 0.6 is 45.1 Å². The third-order valence-electron chi connectivity index (χ3n) is 3.04. The van der Waals surface area contributed by atoms with Crippen molar-refractivity contribution in [3.05, 3.63) is 44.0 Å². The number of nitro groups is 1. The van der Waals surface area contributed by atoms with Gasteiger partial charge in [0.05, 0.1) is 10.6 Å². The molecule has 1 aromatic carbocycles. The van der Waals surface area contributed by atoms with E-state index < -0.39 is 4.92 Å². The van der Waals surface area contributed by atoms with Crippen LogP contribution in [0.1, 0.15) is 0 Å². The van der Waals surface area contributed by atoms with Crippen LogP contribution in [0.25, 0.3) is 5.69 Å². The lowest BCUT2D eigenvalue weighted by atomic mass is 10.3. The van der Waals surface area contributed by atoms with Crippen LogP contribution in [0.5, 0.6) is 0 Å². The van der Waals surface area contributed by atoms with Crippen LogP contribution < -0.4 is 9.60 Å². The van der Waals surface area contributed by atoms with Gasteiger partial charge < -0.3 is 9.80 Å². The maximum atomic E-state index is 10.9. The van der Waals surface area contributed by atoms with Crippen LogP contribution in [0, 0.1) is 10.1 Å². The molecule has 0 spiro atoms. The number of thiocarbonyl (C=S) groups is 2. The van der Waals surface area contributed by atoms with Crippen LogP contribution in [0.4, 0.5) is 5.69 Å². The van der Waals surface area contributed by atoms with E-state index in [0.717, 1.165) is 0 Å². The molecule has 0 N–H and O–H groups in total. The van der Waals surface area contributed by atoms with E-state index in [1.165, 1.54) is 32.8 Å². The summed E-state index contributed by atoms with van der Waals surface area (Å²) in [6, 6.07) is 6.17. The Morgan fingerprint density at radius 1 is 1.00 bits per heavy atom. The molecule has 0 amide bonds. The zero-order valence-electron chi connectivity index (χ0n) is 14.4. The Morgan fingerprint density at radius 2 is 1.42 bits per heavy atom. The number of hydrogen-bond acceptors (Lipinski definition) is 6. The minimum absolute atomic E-state index is 0.0119. The zero-order valence-corrected chi connectivity index (χ0v) is 17.7. The average Bonchev–Trinajstić information content (AvgIpc) is 2.96. The Bertz CT molecular complexity index is 919.